The first-order chi connectivity index (χ1) is 6.93. The van der Waals surface area contributed by atoms with Gasteiger partial charge in [-0.25, -0.2) is 14.0 Å². The summed E-state index contributed by atoms with van der Waals surface area (Å²) in [5.41, 5.74) is 0. The van der Waals surface area contributed by atoms with Crippen LogP contribution in [-0.2, 0) is 13.6 Å². The molecule has 1 atom stereocenters. The molecule has 0 radical (unpaired) electrons. The second kappa shape index (κ2) is 4.91. The maximum Gasteiger partial charge on any atom is 0.476 e. The number of hydrogen-bond donors (Lipinski definition) is 1. The van der Waals surface area contributed by atoms with Crippen LogP contribution >= 0.6 is 7.82 Å². The molecule has 7 heteroatoms. The van der Waals surface area contributed by atoms with E-state index in [9.17, 15) is 9.46 Å². The van der Waals surface area contributed by atoms with E-state index < -0.39 is 7.82 Å². The third-order valence-corrected chi connectivity index (χ3v) is 3.57. The Hall–Kier alpha value is 0.0300. The van der Waals surface area contributed by atoms with Crippen molar-refractivity contribution in [1.29, 1.82) is 0 Å². The Morgan fingerprint density at radius 3 is 2.40 bits per heavy atom. The van der Waals surface area contributed by atoms with E-state index in [1.54, 1.807) is 6.92 Å². The van der Waals surface area contributed by atoms with Gasteiger partial charge in [0.15, 0.2) is 6.73 Å². The molecule has 1 heterocycles. The molecule has 15 heavy (non-hydrogen) atoms. The summed E-state index contributed by atoms with van der Waals surface area (Å²) in [4.78, 5) is 11.4. The molecule has 1 saturated heterocycles. The van der Waals surface area contributed by atoms with E-state index in [-0.39, 0.29) is 13.3 Å². The minimum Gasteiger partial charge on any atom is -0.302 e. The standard InChI is InChI=1S/C8H19N2O4P/c1-4-10(6-9(3)7-10)8-14-15(11,12)13-5-2/h4-8H2,1-3H3/p+1. The van der Waals surface area contributed by atoms with Crippen LogP contribution in [0.15, 0.2) is 0 Å². The van der Waals surface area contributed by atoms with Gasteiger partial charge in [0.2, 0.25) is 0 Å². The van der Waals surface area contributed by atoms with Crippen molar-refractivity contribution in [1.82, 2.24) is 4.90 Å². The van der Waals surface area contributed by atoms with Crippen LogP contribution in [0.1, 0.15) is 13.8 Å². The minimum absolute atomic E-state index is 0.180. The first-order valence-electron chi connectivity index (χ1n) is 5.08. The van der Waals surface area contributed by atoms with Crippen LogP contribution in [0.4, 0.5) is 0 Å². The zero-order valence-corrected chi connectivity index (χ0v) is 10.4. The van der Waals surface area contributed by atoms with Gasteiger partial charge in [0.05, 0.1) is 13.2 Å². The zero-order chi connectivity index (χ0) is 11.5. The molecule has 0 aromatic carbocycles. The maximum absolute atomic E-state index is 11.3. The number of hydrogen-bond acceptors (Lipinski definition) is 4. The van der Waals surface area contributed by atoms with Crippen molar-refractivity contribution in [2.75, 3.05) is 40.3 Å². The fourth-order valence-corrected chi connectivity index (χ4v) is 2.54. The molecule has 0 aliphatic carbocycles. The van der Waals surface area contributed by atoms with E-state index in [1.165, 1.54) is 0 Å². The lowest BCUT2D eigenvalue weighted by atomic mass is 10.4. The molecule has 0 aromatic heterocycles. The normalized spacial score (nSPS) is 24.5. The van der Waals surface area contributed by atoms with Gasteiger partial charge < -0.3 is 4.89 Å². The number of phosphoric acid groups is 1. The highest BCUT2D eigenvalue weighted by Crippen LogP contribution is 2.44. The average molecular weight is 239 g/mol. The van der Waals surface area contributed by atoms with E-state index >= 15 is 0 Å². The number of quaternary nitrogens is 1. The zero-order valence-electron chi connectivity index (χ0n) is 9.55. The average Bonchev–Trinajstić information content (AvgIpc) is 2.10. The topological polar surface area (TPSA) is 59.0 Å². The lowest BCUT2D eigenvalue weighted by molar-refractivity contribution is -1.01. The van der Waals surface area contributed by atoms with Crippen LogP contribution in [0.2, 0.25) is 0 Å². The summed E-state index contributed by atoms with van der Waals surface area (Å²) in [5, 5.41) is 0. The van der Waals surface area contributed by atoms with Crippen molar-refractivity contribution >= 4 is 7.82 Å². The van der Waals surface area contributed by atoms with E-state index in [2.05, 4.69) is 9.42 Å². The van der Waals surface area contributed by atoms with Crippen LogP contribution in [0, 0.1) is 0 Å². The smallest absolute Gasteiger partial charge is 0.302 e. The highest BCUT2D eigenvalue weighted by Gasteiger charge is 2.40. The van der Waals surface area contributed by atoms with Gasteiger partial charge in [0, 0.05) is 0 Å². The molecule has 0 saturated carbocycles. The van der Waals surface area contributed by atoms with Crippen LogP contribution in [-0.4, -0.2) is 54.5 Å². The first-order valence-corrected chi connectivity index (χ1v) is 6.58. The van der Waals surface area contributed by atoms with Crippen molar-refractivity contribution in [3.05, 3.63) is 0 Å². The van der Waals surface area contributed by atoms with Crippen molar-refractivity contribution in [3.63, 3.8) is 0 Å². The Labute approximate surface area is 90.6 Å². The molecule has 0 bridgehead atoms. The highest BCUT2D eigenvalue weighted by molar-refractivity contribution is 7.47. The van der Waals surface area contributed by atoms with E-state index in [1.807, 2.05) is 14.0 Å². The van der Waals surface area contributed by atoms with Gasteiger partial charge in [0.25, 0.3) is 0 Å². The van der Waals surface area contributed by atoms with Crippen molar-refractivity contribution in [2.24, 2.45) is 0 Å². The van der Waals surface area contributed by atoms with Crippen molar-refractivity contribution in [3.8, 4) is 0 Å². The number of rotatable bonds is 6. The summed E-state index contributed by atoms with van der Waals surface area (Å²) in [6.45, 7) is 6.70. The summed E-state index contributed by atoms with van der Waals surface area (Å²) in [7, 11) is -1.83. The minimum atomic E-state index is -3.84. The van der Waals surface area contributed by atoms with Crippen molar-refractivity contribution in [2.45, 2.75) is 13.8 Å². The fraction of sp³-hybridized carbons (Fsp3) is 1.00. The molecule has 1 aliphatic rings. The molecule has 0 spiro atoms. The molecule has 6 nitrogen and oxygen atoms in total. The molecular weight excluding hydrogens is 219 g/mol. The summed E-state index contributed by atoms with van der Waals surface area (Å²) in [5.74, 6) is 0. The predicted octanol–water partition coefficient (Wildman–Crippen LogP) is 0.794. The van der Waals surface area contributed by atoms with E-state index in [4.69, 9.17) is 4.52 Å². The van der Waals surface area contributed by atoms with Gasteiger partial charge in [-0.1, -0.05) is 0 Å². The third kappa shape index (κ3) is 3.52. The lowest BCUT2D eigenvalue weighted by Gasteiger charge is -2.49. The van der Waals surface area contributed by atoms with Gasteiger partial charge in [0.1, 0.15) is 13.3 Å². The second-order valence-corrected chi connectivity index (χ2v) is 5.39. The molecule has 1 rings (SSSR count). The number of nitrogens with zero attached hydrogens (tertiary/aromatic N) is 2. The van der Waals surface area contributed by atoms with E-state index in [0.717, 1.165) is 19.9 Å². The molecule has 0 amide bonds. The first kappa shape index (κ1) is 13.1. The lowest BCUT2D eigenvalue weighted by Crippen LogP contribution is -2.68. The molecule has 1 unspecified atom stereocenters. The summed E-state index contributed by atoms with van der Waals surface area (Å²) in [6.07, 6.45) is 0. The molecule has 1 fully saturated rings. The largest absolute Gasteiger partial charge is 0.476 e. The van der Waals surface area contributed by atoms with Gasteiger partial charge in [-0.3, -0.25) is 9.01 Å². The Bertz CT molecular complexity index is 255. The molecule has 0 aromatic rings. The van der Waals surface area contributed by atoms with E-state index in [0.29, 0.717) is 4.48 Å². The Balaban J connectivity index is 2.38. The quantitative estimate of drug-likeness (QED) is 0.548. The van der Waals surface area contributed by atoms with Crippen LogP contribution in [0.5, 0.6) is 0 Å². The summed E-state index contributed by atoms with van der Waals surface area (Å²) >= 11 is 0. The molecule has 1 aliphatic heterocycles. The van der Waals surface area contributed by atoms with Crippen LogP contribution in [0.25, 0.3) is 0 Å². The van der Waals surface area contributed by atoms with Crippen LogP contribution < -0.4 is 0 Å². The maximum atomic E-state index is 11.3. The Morgan fingerprint density at radius 2 is 2.00 bits per heavy atom. The van der Waals surface area contributed by atoms with Crippen LogP contribution in [0.3, 0.4) is 0 Å². The second-order valence-electron chi connectivity index (χ2n) is 3.94. The molecule has 1 N–H and O–H groups in total. The Morgan fingerprint density at radius 1 is 1.40 bits per heavy atom. The number of phosphoric ester groups is 1. The molecular formula is C8H20N2O4P+. The third-order valence-electron chi connectivity index (χ3n) is 2.54. The fourth-order valence-electron chi connectivity index (χ4n) is 1.75. The van der Waals surface area contributed by atoms with Gasteiger partial charge in [-0.05, 0) is 20.9 Å². The van der Waals surface area contributed by atoms with Gasteiger partial charge in [-0.15, -0.1) is 0 Å². The highest BCUT2D eigenvalue weighted by atomic mass is 31.2. The van der Waals surface area contributed by atoms with Gasteiger partial charge >= 0.3 is 7.82 Å². The molecule has 90 valence electrons. The monoisotopic (exact) mass is 239 g/mol. The SMILES string of the molecule is CCOP(=O)(O)OC[N+]1(CC)CN(C)C1. The van der Waals surface area contributed by atoms with Gasteiger partial charge in [-0.2, -0.15) is 0 Å². The summed E-state index contributed by atoms with van der Waals surface area (Å²) in [6, 6.07) is 0. The van der Waals surface area contributed by atoms with Crippen molar-refractivity contribution < 1.29 is 23.0 Å². The Kier molecular flexibility index (Phi) is 4.29. The predicted molar refractivity (Wildman–Crippen MR) is 55.7 cm³/mol. The summed E-state index contributed by atoms with van der Waals surface area (Å²) < 4.78 is 21.6.